The third kappa shape index (κ3) is 2.76. The molecule has 3 aliphatic rings. The number of hydrogen-bond donors (Lipinski definition) is 0. The van der Waals surface area contributed by atoms with E-state index in [-0.39, 0.29) is 1.43 Å². The van der Waals surface area contributed by atoms with Crippen LogP contribution in [0, 0.1) is 24.7 Å². The van der Waals surface area contributed by atoms with E-state index in [4.69, 9.17) is 0 Å². The molecular weight excluding hydrogens is 192 g/mol. The molecule has 0 aromatic rings. The summed E-state index contributed by atoms with van der Waals surface area (Å²) in [6.45, 7) is 4.53. The van der Waals surface area contributed by atoms with E-state index in [1.165, 1.54) is 6.42 Å². The van der Waals surface area contributed by atoms with Gasteiger partial charge in [-0.2, -0.15) is 0 Å². The van der Waals surface area contributed by atoms with Crippen LogP contribution in [0.2, 0.25) is 0 Å². The van der Waals surface area contributed by atoms with Crippen LogP contribution in [0.15, 0.2) is 47.6 Å². The van der Waals surface area contributed by atoms with Gasteiger partial charge in [-0.15, -0.1) is 12.8 Å². The van der Waals surface area contributed by atoms with Gasteiger partial charge in [-0.25, -0.2) is 0 Å². The van der Waals surface area contributed by atoms with E-state index in [9.17, 15) is 0 Å². The van der Waals surface area contributed by atoms with E-state index >= 15 is 0 Å². The summed E-state index contributed by atoms with van der Waals surface area (Å²) in [5.41, 5.74) is 3.25. The Morgan fingerprint density at radius 2 is 1.44 bits per heavy atom. The van der Waals surface area contributed by atoms with Crippen molar-refractivity contribution in [2.24, 2.45) is 11.8 Å². The lowest BCUT2D eigenvalue weighted by Crippen LogP contribution is -1.90. The first-order chi connectivity index (χ1) is 7.79. The molecule has 0 radical (unpaired) electrons. The molecule has 2 atom stereocenters. The first kappa shape index (κ1) is 12.6. The van der Waals surface area contributed by atoms with Gasteiger partial charge in [0.2, 0.25) is 0 Å². The fourth-order valence-electron chi connectivity index (χ4n) is 2.32. The van der Waals surface area contributed by atoms with Gasteiger partial charge >= 0.3 is 0 Å². The highest BCUT2D eigenvalue weighted by atomic mass is 14.3. The van der Waals surface area contributed by atoms with E-state index < -0.39 is 0 Å². The molecule has 0 N–H and O–H groups in total. The molecule has 0 saturated carbocycles. The Morgan fingerprint density at radius 3 is 1.62 bits per heavy atom. The number of rotatable bonds is 0. The average Bonchev–Trinajstić information content (AvgIpc) is 3.05. The first-order valence-electron chi connectivity index (χ1n) is 5.79. The van der Waals surface area contributed by atoms with Crippen molar-refractivity contribution in [3.63, 3.8) is 0 Å². The number of allylic oxidation sites excluding steroid dienone is 8. The molecule has 0 aliphatic heterocycles. The maximum atomic E-state index is 4.00. The van der Waals surface area contributed by atoms with Crippen LogP contribution in [0.5, 0.6) is 0 Å². The molecule has 0 fully saturated rings. The Balaban J connectivity index is 0.000000277. The van der Waals surface area contributed by atoms with Crippen molar-refractivity contribution in [3.8, 4) is 12.8 Å². The van der Waals surface area contributed by atoms with Crippen molar-refractivity contribution in [1.29, 1.82) is 0 Å². The van der Waals surface area contributed by atoms with Gasteiger partial charge in [-0.1, -0.05) is 47.6 Å². The van der Waals surface area contributed by atoms with E-state index in [2.05, 4.69) is 63.2 Å². The van der Waals surface area contributed by atoms with Crippen LogP contribution in [-0.2, 0) is 0 Å². The van der Waals surface area contributed by atoms with E-state index in [1.54, 1.807) is 11.1 Å². The van der Waals surface area contributed by atoms with Gasteiger partial charge in [0.05, 0.1) is 0 Å². The molecule has 0 aromatic heterocycles. The highest BCUT2D eigenvalue weighted by Gasteiger charge is 2.29. The minimum atomic E-state index is 0. The lowest BCUT2D eigenvalue weighted by atomic mass is 10.0. The van der Waals surface area contributed by atoms with Gasteiger partial charge in [0, 0.05) is 1.43 Å². The molecule has 0 nitrogen and oxygen atoms in total. The highest BCUT2D eigenvalue weighted by Crippen LogP contribution is 2.42. The zero-order valence-electron chi connectivity index (χ0n) is 10.2. The van der Waals surface area contributed by atoms with Gasteiger partial charge in [0.25, 0.3) is 0 Å². The summed E-state index contributed by atoms with van der Waals surface area (Å²) in [6.07, 6.45) is 23.6. The fourth-order valence-corrected chi connectivity index (χ4v) is 2.32. The second kappa shape index (κ2) is 6.18. The lowest BCUT2D eigenvalue weighted by Gasteiger charge is -2.06. The second-order valence-corrected chi connectivity index (χ2v) is 4.29. The van der Waals surface area contributed by atoms with Crippen LogP contribution in [0.25, 0.3) is 0 Å². The molecule has 0 heterocycles. The van der Waals surface area contributed by atoms with E-state index in [1.807, 2.05) is 0 Å². The standard InChI is InChI=1S/C9H12.C5H6.C2H2.H2/c1-6-7(2)9-4-3-8(6)5-9;1-2-4-5-3-1;1-2;/h3-4,8-9H,5H2,1-2H3;1-4H,5H2;1-2H;1H/i;;;1+1. The van der Waals surface area contributed by atoms with Crippen molar-refractivity contribution in [2.75, 3.05) is 0 Å². The summed E-state index contributed by atoms with van der Waals surface area (Å²) in [6, 6.07) is 0. The van der Waals surface area contributed by atoms with Crippen molar-refractivity contribution < 1.29 is 1.43 Å². The van der Waals surface area contributed by atoms with Crippen LogP contribution in [-0.4, -0.2) is 0 Å². The molecular formula is C16H22. The van der Waals surface area contributed by atoms with Crippen LogP contribution in [0.4, 0.5) is 0 Å². The van der Waals surface area contributed by atoms with E-state index in [0.29, 0.717) is 0 Å². The predicted molar refractivity (Wildman–Crippen MR) is 74.0 cm³/mol. The van der Waals surface area contributed by atoms with Crippen LogP contribution >= 0.6 is 0 Å². The molecule has 3 rings (SSSR count). The van der Waals surface area contributed by atoms with Crippen LogP contribution in [0.1, 0.15) is 28.1 Å². The average molecular weight is 215 g/mol. The Hall–Kier alpha value is -1.48. The van der Waals surface area contributed by atoms with Gasteiger partial charge < -0.3 is 0 Å². The molecule has 16 heavy (non-hydrogen) atoms. The second-order valence-electron chi connectivity index (χ2n) is 4.29. The van der Waals surface area contributed by atoms with Gasteiger partial charge in [0.1, 0.15) is 0 Å². The molecule has 0 amide bonds. The third-order valence-corrected chi connectivity index (χ3v) is 3.47. The SMILES string of the molecule is C#C.C1=CCC=C1.CC1=C(C)C2C=CC1C2.[2HH]. The summed E-state index contributed by atoms with van der Waals surface area (Å²) in [5, 5.41) is 0. The van der Waals surface area contributed by atoms with Crippen molar-refractivity contribution >= 4 is 0 Å². The normalized spacial score (nSPS) is 27.5. The summed E-state index contributed by atoms with van der Waals surface area (Å²) in [5.74, 6) is 1.63. The maximum absolute atomic E-state index is 4.00. The summed E-state index contributed by atoms with van der Waals surface area (Å²) >= 11 is 0. The highest BCUT2D eigenvalue weighted by molar-refractivity contribution is 5.34. The van der Waals surface area contributed by atoms with Gasteiger partial charge in [0.15, 0.2) is 0 Å². The number of fused-ring (bicyclic) bond motifs is 2. The smallest absolute Gasteiger partial charge is 0 e. The van der Waals surface area contributed by atoms with Gasteiger partial charge in [-0.05, 0) is 38.5 Å². The van der Waals surface area contributed by atoms with Crippen molar-refractivity contribution in [1.82, 2.24) is 0 Å². The molecule has 0 heteroatoms. The summed E-state index contributed by atoms with van der Waals surface area (Å²) in [4.78, 5) is 0. The third-order valence-electron chi connectivity index (χ3n) is 3.47. The molecule has 0 spiro atoms. The molecule has 0 aromatic carbocycles. The Morgan fingerprint density at radius 1 is 1.00 bits per heavy atom. The fraction of sp³-hybridized carbons (Fsp3) is 0.375. The minimum absolute atomic E-state index is 0. The predicted octanol–water partition coefficient (Wildman–Crippen LogP) is 4.53. The molecule has 86 valence electrons. The summed E-state index contributed by atoms with van der Waals surface area (Å²) in [7, 11) is 0. The molecule has 2 bridgehead atoms. The zero-order chi connectivity index (χ0) is 12.0. The summed E-state index contributed by atoms with van der Waals surface area (Å²) < 4.78 is 0. The van der Waals surface area contributed by atoms with Crippen molar-refractivity contribution in [2.45, 2.75) is 26.7 Å². The minimum Gasteiger partial charge on any atom is -0.124 e. The zero-order valence-corrected chi connectivity index (χ0v) is 10.2. The van der Waals surface area contributed by atoms with Crippen LogP contribution in [0.3, 0.4) is 0 Å². The number of hydrogen-bond acceptors (Lipinski definition) is 0. The first-order valence-corrected chi connectivity index (χ1v) is 5.79. The Labute approximate surface area is 101 Å². The van der Waals surface area contributed by atoms with Gasteiger partial charge in [-0.3, -0.25) is 0 Å². The Kier molecular flexibility index (Phi) is 4.86. The van der Waals surface area contributed by atoms with Crippen molar-refractivity contribution in [3.05, 3.63) is 47.6 Å². The monoisotopic (exact) mass is 215 g/mol. The topological polar surface area (TPSA) is 0 Å². The molecule has 0 saturated heterocycles. The van der Waals surface area contributed by atoms with Crippen LogP contribution < -0.4 is 0 Å². The maximum Gasteiger partial charge on any atom is 0 e. The van der Waals surface area contributed by atoms with E-state index in [0.717, 1.165) is 18.3 Å². The lowest BCUT2D eigenvalue weighted by molar-refractivity contribution is 0.702. The quantitative estimate of drug-likeness (QED) is 0.411. The molecule has 2 unspecified atom stereocenters. The molecule has 3 aliphatic carbocycles. The largest absolute Gasteiger partial charge is 0.124 e. The Bertz CT molecular complexity index is 336. The number of terminal acetylenes is 1.